The predicted octanol–water partition coefficient (Wildman–Crippen LogP) is 3.20. The number of carbonyl (C=O) groups excluding carboxylic acids is 1. The first kappa shape index (κ1) is 20.9. The fourth-order valence-electron chi connectivity index (χ4n) is 3.35. The van der Waals surface area contributed by atoms with Crippen LogP contribution in [0.4, 0.5) is 11.6 Å². The van der Waals surface area contributed by atoms with E-state index in [1.807, 2.05) is 13.8 Å². The maximum Gasteiger partial charge on any atom is 0.228 e. The minimum atomic E-state index is -0.0661. The van der Waals surface area contributed by atoms with Crippen LogP contribution in [0.25, 0.3) is 10.8 Å². The summed E-state index contributed by atoms with van der Waals surface area (Å²) in [5.41, 5.74) is 6.31. The molecule has 0 spiro atoms. The summed E-state index contributed by atoms with van der Waals surface area (Å²) >= 11 is 0. The Bertz CT molecular complexity index is 863. The van der Waals surface area contributed by atoms with E-state index in [9.17, 15) is 4.79 Å². The highest BCUT2D eigenvalue weighted by atomic mass is 35.5. The normalized spacial score (nSPS) is 19.2. The molecule has 2 aromatic rings. The van der Waals surface area contributed by atoms with Gasteiger partial charge in [0.05, 0.1) is 0 Å². The minimum absolute atomic E-state index is 0. The number of hydrogen-bond donors (Lipinski definition) is 3. The molecular formula is C19H25ClN6O. The van der Waals surface area contributed by atoms with Gasteiger partial charge in [0.25, 0.3) is 0 Å². The van der Waals surface area contributed by atoms with Crippen molar-refractivity contribution in [2.24, 2.45) is 11.7 Å². The van der Waals surface area contributed by atoms with Gasteiger partial charge in [0, 0.05) is 35.0 Å². The Morgan fingerprint density at radius 2 is 2.15 bits per heavy atom. The monoisotopic (exact) mass is 388 g/mol. The van der Waals surface area contributed by atoms with Crippen LogP contribution in [0.3, 0.4) is 0 Å². The van der Waals surface area contributed by atoms with E-state index in [1.54, 1.807) is 18.3 Å². The molecule has 1 amide bonds. The van der Waals surface area contributed by atoms with Gasteiger partial charge in [0.2, 0.25) is 5.91 Å². The minimum Gasteiger partial charge on any atom is -0.367 e. The number of halogens is 1. The average Bonchev–Trinajstić information content (AvgIpc) is 2.61. The summed E-state index contributed by atoms with van der Waals surface area (Å²) in [6.45, 7) is 4.01. The highest BCUT2D eigenvalue weighted by molar-refractivity contribution is 5.97. The molecule has 8 heteroatoms. The van der Waals surface area contributed by atoms with Crippen LogP contribution in [-0.4, -0.2) is 28.0 Å². The van der Waals surface area contributed by atoms with Crippen LogP contribution >= 0.6 is 12.4 Å². The van der Waals surface area contributed by atoms with Crippen molar-refractivity contribution in [3.63, 3.8) is 0 Å². The van der Waals surface area contributed by atoms with Crippen molar-refractivity contribution < 1.29 is 4.79 Å². The molecule has 1 saturated carbocycles. The van der Waals surface area contributed by atoms with Crippen LogP contribution in [0.1, 0.15) is 45.2 Å². The summed E-state index contributed by atoms with van der Waals surface area (Å²) in [6, 6.07) is 5.82. The third-order valence-corrected chi connectivity index (χ3v) is 4.59. The molecule has 1 fully saturated rings. The number of nitrogens with two attached hydrogens (primary N) is 1. The van der Waals surface area contributed by atoms with Gasteiger partial charge in [-0.1, -0.05) is 6.42 Å². The molecule has 1 aliphatic rings. The zero-order chi connectivity index (χ0) is 18.7. The summed E-state index contributed by atoms with van der Waals surface area (Å²) in [5.74, 6) is 1.00. The van der Waals surface area contributed by atoms with Crippen molar-refractivity contribution in [1.82, 2.24) is 9.97 Å². The lowest BCUT2D eigenvalue weighted by molar-refractivity contribution is -0.120. The van der Waals surface area contributed by atoms with E-state index in [0.717, 1.165) is 30.0 Å². The number of amides is 1. The quantitative estimate of drug-likeness (QED) is 0.740. The number of rotatable bonds is 4. The molecule has 0 aromatic carbocycles. The van der Waals surface area contributed by atoms with E-state index >= 15 is 0 Å². The highest BCUT2D eigenvalue weighted by Gasteiger charge is 2.25. The second-order valence-electron chi connectivity index (χ2n) is 7.17. The number of anilines is 2. The van der Waals surface area contributed by atoms with Gasteiger partial charge in [-0.05, 0) is 45.2 Å². The number of pyridine rings is 2. The number of nitriles is 1. The van der Waals surface area contributed by atoms with Gasteiger partial charge in [-0.25, -0.2) is 9.97 Å². The van der Waals surface area contributed by atoms with Crippen molar-refractivity contribution in [3.8, 4) is 6.07 Å². The molecule has 7 nitrogen and oxygen atoms in total. The maximum absolute atomic E-state index is 12.5. The van der Waals surface area contributed by atoms with Crippen LogP contribution in [0.15, 0.2) is 18.3 Å². The van der Waals surface area contributed by atoms with Crippen molar-refractivity contribution in [2.75, 3.05) is 10.6 Å². The summed E-state index contributed by atoms with van der Waals surface area (Å²) in [4.78, 5) is 21.2. The Morgan fingerprint density at radius 1 is 1.37 bits per heavy atom. The summed E-state index contributed by atoms with van der Waals surface area (Å²) in [7, 11) is 0. The second kappa shape index (κ2) is 8.98. The van der Waals surface area contributed by atoms with Gasteiger partial charge in [-0.15, -0.1) is 12.4 Å². The summed E-state index contributed by atoms with van der Waals surface area (Å²) in [6.07, 6.45) is 5.20. The largest absolute Gasteiger partial charge is 0.367 e. The molecule has 3 rings (SSSR count). The van der Waals surface area contributed by atoms with E-state index in [-0.39, 0.29) is 36.3 Å². The lowest BCUT2D eigenvalue weighted by Gasteiger charge is -2.25. The number of aromatic nitrogens is 2. The van der Waals surface area contributed by atoms with E-state index in [2.05, 4.69) is 26.7 Å². The fourth-order valence-corrected chi connectivity index (χ4v) is 3.35. The number of hydrogen-bond acceptors (Lipinski definition) is 6. The second-order valence-corrected chi connectivity index (χ2v) is 7.17. The number of nitrogens with zero attached hydrogens (tertiary/aromatic N) is 3. The third kappa shape index (κ3) is 5.06. The highest BCUT2D eigenvalue weighted by Crippen LogP contribution is 2.27. The van der Waals surface area contributed by atoms with Crippen LogP contribution in [0.5, 0.6) is 0 Å². The number of fused-ring (bicyclic) bond motifs is 1. The van der Waals surface area contributed by atoms with Crippen molar-refractivity contribution in [3.05, 3.63) is 24.0 Å². The number of nitrogens with one attached hydrogen (secondary N) is 2. The average molecular weight is 389 g/mol. The Kier molecular flexibility index (Phi) is 6.94. The van der Waals surface area contributed by atoms with Gasteiger partial charge in [-0.2, -0.15) is 5.26 Å². The van der Waals surface area contributed by atoms with Crippen LogP contribution < -0.4 is 16.4 Å². The molecule has 144 valence electrons. The SMILES string of the molecule is CC(C)Nc1nc(C#N)cc2cnc(NC(=O)[C@H]3CCC[C@@H](N)C3)cc12.Cl. The van der Waals surface area contributed by atoms with Crippen molar-refractivity contribution in [2.45, 2.75) is 51.6 Å². The fraction of sp³-hybridized carbons (Fsp3) is 0.474. The zero-order valence-corrected chi connectivity index (χ0v) is 16.3. The van der Waals surface area contributed by atoms with Crippen LogP contribution in [0.2, 0.25) is 0 Å². The Hall–Kier alpha value is -2.43. The summed E-state index contributed by atoms with van der Waals surface area (Å²) < 4.78 is 0. The standard InChI is InChI=1S/C19H24N6O.ClH/c1-11(2)23-18-16-8-17(22-10-13(16)7-15(9-20)24-18)25-19(26)12-4-3-5-14(21)6-12;/h7-8,10-12,14H,3-6,21H2,1-2H3,(H,23,24)(H,22,25,26);1H/t12-,14+;/m0./s1. The molecule has 27 heavy (non-hydrogen) atoms. The van der Waals surface area contributed by atoms with E-state index < -0.39 is 0 Å². The first-order chi connectivity index (χ1) is 12.5. The predicted molar refractivity (Wildman–Crippen MR) is 109 cm³/mol. The Labute approximate surface area is 165 Å². The summed E-state index contributed by atoms with van der Waals surface area (Å²) in [5, 5.41) is 17.0. The molecule has 2 atom stereocenters. The van der Waals surface area contributed by atoms with Gasteiger partial charge in [0.1, 0.15) is 23.4 Å². The molecule has 2 aromatic heterocycles. The molecule has 4 N–H and O–H groups in total. The van der Waals surface area contributed by atoms with Gasteiger partial charge in [-0.3, -0.25) is 4.79 Å². The van der Waals surface area contributed by atoms with Gasteiger partial charge >= 0.3 is 0 Å². The first-order valence-electron chi connectivity index (χ1n) is 9.00. The molecule has 0 radical (unpaired) electrons. The molecule has 2 heterocycles. The molecule has 0 saturated heterocycles. The van der Waals surface area contributed by atoms with Crippen molar-refractivity contribution in [1.29, 1.82) is 5.26 Å². The lowest BCUT2D eigenvalue weighted by Crippen LogP contribution is -2.34. The van der Waals surface area contributed by atoms with Gasteiger partial charge < -0.3 is 16.4 Å². The van der Waals surface area contributed by atoms with E-state index in [1.165, 1.54) is 0 Å². The first-order valence-corrected chi connectivity index (χ1v) is 9.00. The van der Waals surface area contributed by atoms with E-state index in [4.69, 9.17) is 11.0 Å². The Balaban J connectivity index is 0.00000261. The third-order valence-electron chi connectivity index (χ3n) is 4.59. The maximum atomic E-state index is 12.5. The Morgan fingerprint density at radius 3 is 2.81 bits per heavy atom. The molecule has 1 aliphatic carbocycles. The van der Waals surface area contributed by atoms with E-state index in [0.29, 0.717) is 23.8 Å². The van der Waals surface area contributed by atoms with Crippen LogP contribution in [-0.2, 0) is 4.79 Å². The zero-order valence-electron chi connectivity index (χ0n) is 15.5. The van der Waals surface area contributed by atoms with Gasteiger partial charge in [0.15, 0.2) is 0 Å². The molecule has 0 aliphatic heterocycles. The van der Waals surface area contributed by atoms with Crippen molar-refractivity contribution >= 4 is 40.7 Å². The molecule has 0 bridgehead atoms. The molecular weight excluding hydrogens is 364 g/mol. The topological polar surface area (TPSA) is 117 Å². The lowest BCUT2D eigenvalue weighted by atomic mass is 9.85. The number of carbonyl (C=O) groups is 1. The smallest absolute Gasteiger partial charge is 0.228 e. The molecule has 0 unspecified atom stereocenters. The van der Waals surface area contributed by atoms with Crippen LogP contribution in [0, 0.1) is 17.2 Å².